The number of nitrogens with two attached hydrogens (primary N) is 1. The van der Waals surface area contributed by atoms with Crippen molar-refractivity contribution in [3.8, 4) is 0 Å². The summed E-state index contributed by atoms with van der Waals surface area (Å²) in [6.07, 6.45) is -4.83. The van der Waals surface area contributed by atoms with Crippen molar-refractivity contribution in [3.05, 3.63) is 0 Å². The van der Waals surface area contributed by atoms with Crippen molar-refractivity contribution in [2.75, 3.05) is 20.1 Å². The Labute approximate surface area is 70.5 Å². The number of hydrogen-bond acceptors (Lipinski definition) is 2. The molecule has 0 unspecified atom stereocenters. The second-order valence-corrected chi connectivity index (χ2v) is 3.10. The molecular weight excluding hydrogens is 169 g/mol. The Hall–Kier alpha value is -0.290. The fourth-order valence-corrected chi connectivity index (χ4v) is 0.901. The summed E-state index contributed by atoms with van der Waals surface area (Å²) >= 11 is 0. The molecule has 0 bridgehead atoms. The second-order valence-electron chi connectivity index (χ2n) is 3.10. The molecule has 12 heavy (non-hydrogen) atoms. The highest BCUT2D eigenvalue weighted by Crippen LogP contribution is 2.19. The minimum atomic E-state index is -4.06. The van der Waals surface area contributed by atoms with E-state index in [2.05, 4.69) is 0 Å². The van der Waals surface area contributed by atoms with E-state index >= 15 is 0 Å². The van der Waals surface area contributed by atoms with Gasteiger partial charge in [-0.25, -0.2) is 0 Å². The fraction of sp³-hybridized carbons (Fsp3) is 1.00. The number of hydrogen-bond donors (Lipinski definition) is 1. The predicted octanol–water partition coefficient (Wildman–Crippen LogP) is 1.22. The van der Waals surface area contributed by atoms with Gasteiger partial charge >= 0.3 is 6.18 Å². The predicted molar refractivity (Wildman–Crippen MR) is 41.8 cm³/mol. The molecular formula is C7H15F3N2. The second kappa shape index (κ2) is 4.67. The van der Waals surface area contributed by atoms with Crippen LogP contribution in [0.2, 0.25) is 0 Å². The first-order valence-electron chi connectivity index (χ1n) is 3.82. The average Bonchev–Trinajstić information content (AvgIpc) is 1.80. The Balaban J connectivity index is 3.51. The van der Waals surface area contributed by atoms with Gasteiger partial charge in [0.2, 0.25) is 0 Å². The lowest BCUT2D eigenvalue weighted by atomic mass is 10.3. The molecule has 0 saturated heterocycles. The van der Waals surface area contributed by atoms with Crippen molar-refractivity contribution in [1.29, 1.82) is 0 Å². The number of likely N-dealkylation sites (N-methyl/N-ethyl adjacent to an activating group) is 1. The van der Waals surface area contributed by atoms with Crippen LogP contribution in [0.4, 0.5) is 13.2 Å². The van der Waals surface area contributed by atoms with Gasteiger partial charge in [0.15, 0.2) is 0 Å². The van der Waals surface area contributed by atoms with Gasteiger partial charge in [-0.1, -0.05) is 0 Å². The Bertz CT molecular complexity index is 122. The summed E-state index contributed by atoms with van der Waals surface area (Å²) in [7, 11) is 1.63. The third-order valence-corrected chi connectivity index (χ3v) is 1.38. The maximum absolute atomic E-state index is 11.7. The summed E-state index contributed by atoms with van der Waals surface area (Å²) in [5.41, 5.74) is 5.41. The van der Waals surface area contributed by atoms with Crippen molar-refractivity contribution in [3.63, 3.8) is 0 Å². The van der Waals surface area contributed by atoms with Crippen LogP contribution in [0.3, 0.4) is 0 Å². The van der Waals surface area contributed by atoms with Crippen molar-refractivity contribution >= 4 is 0 Å². The van der Waals surface area contributed by atoms with E-state index in [1.807, 2.05) is 0 Å². The van der Waals surface area contributed by atoms with Gasteiger partial charge < -0.3 is 10.6 Å². The highest BCUT2D eigenvalue weighted by molar-refractivity contribution is 4.62. The lowest BCUT2D eigenvalue weighted by molar-refractivity contribution is -0.137. The maximum atomic E-state index is 11.7. The summed E-state index contributed by atoms with van der Waals surface area (Å²) in [6.45, 7) is 2.28. The molecule has 0 aromatic rings. The van der Waals surface area contributed by atoms with Crippen LogP contribution in [0.1, 0.15) is 13.3 Å². The first kappa shape index (κ1) is 11.7. The summed E-state index contributed by atoms with van der Waals surface area (Å²) in [6, 6.07) is -0.0803. The van der Waals surface area contributed by atoms with Crippen molar-refractivity contribution < 1.29 is 13.2 Å². The monoisotopic (exact) mass is 184 g/mol. The lowest BCUT2D eigenvalue weighted by Gasteiger charge is -2.19. The van der Waals surface area contributed by atoms with Gasteiger partial charge in [0.05, 0.1) is 6.42 Å². The number of nitrogens with zero attached hydrogens (tertiary/aromatic N) is 1. The number of alkyl halides is 3. The summed E-state index contributed by atoms with van der Waals surface area (Å²) in [4.78, 5) is 1.58. The highest BCUT2D eigenvalue weighted by Gasteiger charge is 2.26. The molecule has 0 fully saturated rings. The van der Waals surface area contributed by atoms with Crippen LogP contribution in [0.5, 0.6) is 0 Å². The number of halogens is 3. The third kappa shape index (κ3) is 7.81. The minimum Gasteiger partial charge on any atom is -0.327 e. The Morgan fingerprint density at radius 3 is 2.25 bits per heavy atom. The van der Waals surface area contributed by atoms with E-state index in [1.54, 1.807) is 18.9 Å². The lowest BCUT2D eigenvalue weighted by Crippen LogP contribution is -2.34. The zero-order valence-electron chi connectivity index (χ0n) is 7.36. The Morgan fingerprint density at radius 2 is 1.92 bits per heavy atom. The van der Waals surface area contributed by atoms with E-state index in [9.17, 15) is 13.2 Å². The fourth-order valence-electron chi connectivity index (χ4n) is 0.901. The standard InChI is InChI=1S/C7H15F3N2/c1-6(11)5-12(2)4-3-7(8,9)10/h6H,3-5,11H2,1-2H3/t6-/m0/s1. The van der Waals surface area contributed by atoms with Crippen molar-refractivity contribution in [1.82, 2.24) is 4.90 Å². The largest absolute Gasteiger partial charge is 0.390 e. The molecule has 74 valence electrons. The molecule has 5 heteroatoms. The number of rotatable bonds is 4. The van der Waals surface area contributed by atoms with Crippen LogP contribution in [-0.2, 0) is 0 Å². The molecule has 0 aromatic heterocycles. The molecule has 2 nitrogen and oxygen atoms in total. The highest BCUT2D eigenvalue weighted by atomic mass is 19.4. The Morgan fingerprint density at radius 1 is 1.42 bits per heavy atom. The van der Waals surface area contributed by atoms with E-state index in [0.717, 1.165) is 0 Å². The quantitative estimate of drug-likeness (QED) is 0.711. The smallest absolute Gasteiger partial charge is 0.327 e. The van der Waals surface area contributed by atoms with Gasteiger partial charge in [-0.05, 0) is 14.0 Å². The molecule has 1 atom stereocenters. The molecule has 0 radical (unpaired) electrons. The summed E-state index contributed by atoms with van der Waals surface area (Å²) in [5.74, 6) is 0. The molecule has 0 aliphatic rings. The molecule has 0 aliphatic heterocycles. The SMILES string of the molecule is C[C@H](N)CN(C)CCC(F)(F)F. The van der Waals surface area contributed by atoms with Crippen LogP contribution in [0, 0.1) is 0 Å². The summed E-state index contributed by atoms with van der Waals surface area (Å²) < 4.78 is 35.1. The maximum Gasteiger partial charge on any atom is 0.390 e. The minimum absolute atomic E-state index is 0.0189. The average molecular weight is 184 g/mol. The van der Waals surface area contributed by atoms with Crippen molar-refractivity contribution in [2.24, 2.45) is 5.73 Å². The van der Waals surface area contributed by atoms with Crippen LogP contribution >= 0.6 is 0 Å². The van der Waals surface area contributed by atoms with Gasteiger partial charge in [0, 0.05) is 19.1 Å². The normalized spacial score (nSPS) is 15.2. The van der Waals surface area contributed by atoms with Gasteiger partial charge in [0.1, 0.15) is 0 Å². The topological polar surface area (TPSA) is 29.3 Å². The van der Waals surface area contributed by atoms with Crippen LogP contribution in [-0.4, -0.2) is 37.3 Å². The van der Waals surface area contributed by atoms with E-state index in [1.165, 1.54) is 0 Å². The Kier molecular flexibility index (Phi) is 4.55. The summed E-state index contributed by atoms with van der Waals surface area (Å²) in [5, 5.41) is 0. The zero-order chi connectivity index (χ0) is 9.78. The van der Waals surface area contributed by atoms with Gasteiger partial charge in [-0.15, -0.1) is 0 Å². The third-order valence-electron chi connectivity index (χ3n) is 1.38. The van der Waals surface area contributed by atoms with E-state index in [-0.39, 0.29) is 12.6 Å². The molecule has 2 N–H and O–H groups in total. The molecule has 0 spiro atoms. The van der Waals surface area contributed by atoms with E-state index in [4.69, 9.17) is 5.73 Å². The van der Waals surface area contributed by atoms with Crippen LogP contribution in [0.25, 0.3) is 0 Å². The molecule has 0 rings (SSSR count). The molecule has 0 heterocycles. The van der Waals surface area contributed by atoms with Gasteiger partial charge in [-0.2, -0.15) is 13.2 Å². The van der Waals surface area contributed by atoms with Gasteiger partial charge in [0.25, 0.3) is 0 Å². The molecule has 0 amide bonds. The van der Waals surface area contributed by atoms with Crippen LogP contribution < -0.4 is 5.73 Å². The first-order valence-corrected chi connectivity index (χ1v) is 3.82. The van der Waals surface area contributed by atoms with Crippen LogP contribution in [0.15, 0.2) is 0 Å². The zero-order valence-corrected chi connectivity index (χ0v) is 7.36. The molecule has 0 saturated carbocycles. The molecule has 0 aromatic carbocycles. The first-order chi connectivity index (χ1) is 5.31. The molecule has 0 aliphatic carbocycles. The van der Waals surface area contributed by atoms with Gasteiger partial charge in [-0.3, -0.25) is 0 Å². The van der Waals surface area contributed by atoms with E-state index < -0.39 is 12.6 Å². The van der Waals surface area contributed by atoms with Crippen molar-refractivity contribution in [2.45, 2.75) is 25.6 Å². The van der Waals surface area contributed by atoms with E-state index in [0.29, 0.717) is 6.54 Å².